The van der Waals surface area contributed by atoms with Crippen LogP contribution in [0.1, 0.15) is 32.6 Å². The maximum absolute atomic E-state index is 13.2. The van der Waals surface area contributed by atoms with Crippen LogP contribution in [0.4, 0.5) is 0 Å². The normalized spacial score (nSPS) is 17.7. The molecule has 132 valence electrons. The lowest BCUT2D eigenvalue weighted by Gasteiger charge is -2.15. The van der Waals surface area contributed by atoms with Gasteiger partial charge in [0.15, 0.2) is 5.16 Å². The minimum atomic E-state index is 0.0440. The van der Waals surface area contributed by atoms with Gasteiger partial charge in [-0.2, -0.15) is 0 Å². The van der Waals surface area contributed by atoms with E-state index in [1.165, 1.54) is 11.3 Å². The molecule has 7 heteroatoms. The van der Waals surface area contributed by atoms with E-state index in [1.54, 1.807) is 18.0 Å². The summed E-state index contributed by atoms with van der Waals surface area (Å²) in [4.78, 5) is 23.3. The Hall–Kier alpha value is -1.44. The lowest BCUT2D eigenvalue weighted by atomic mass is 10.2. The molecule has 1 fully saturated rings. The fourth-order valence-corrected chi connectivity index (χ4v) is 5.23. The molecule has 3 aromatic rings. The summed E-state index contributed by atoms with van der Waals surface area (Å²) < 4.78 is 8.29. The molecule has 3 aromatic heterocycles. The Labute approximate surface area is 154 Å². The van der Waals surface area contributed by atoms with Gasteiger partial charge in [0.2, 0.25) is 0 Å². The predicted octanol–water partition coefficient (Wildman–Crippen LogP) is 4.08. The zero-order chi connectivity index (χ0) is 17.2. The van der Waals surface area contributed by atoms with E-state index in [-0.39, 0.29) is 11.7 Å². The Bertz CT molecular complexity index is 945. The molecule has 0 amide bonds. The summed E-state index contributed by atoms with van der Waals surface area (Å²) in [6.07, 6.45) is 6.22. The quantitative estimate of drug-likeness (QED) is 0.369. The first-order chi connectivity index (χ1) is 12.3. The van der Waals surface area contributed by atoms with Gasteiger partial charge < -0.3 is 4.74 Å². The average molecular weight is 376 g/mol. The Balaban J connectivity index is 1.83. The number of hydrogen-bond acceptors (Lipinski definition) is 6. The number of rotatable bonds is 6. The second-order valence-electron chi connectivity index (χ2n) is 6.28. The number of thioether (sulfide) groups is 1. The van der Waals surface area contributed by atoms with Crippen LogP contribution in [0.2, 0.25) is 0 Å². The second kappa shape index (κ2) is 7.43. The SMILES string of the molecule is CCCCSc1nc2c(sc3ncccc32)c(=O)n1C[C@@H]1CCCO1. The van der Waals surface area contributed by atoms with Crippen molar-refractivity contribution in [1.82, 2.24) is 14.5 Å². The van der Waals surface area contributed by atoms with Gasteiger partial charge in [-0.25, -0.2) is 9.97 Å². The molecule has 0 unspecified atom stereocenters. The number of nitrogens with zero attached hydrogens (tertiary/aromatic N) is 3. The topological polar surface area (TPSA) is 57.0 Å². The minimum absolute atomic E-state index is 0.0440. The summed E-state index contributed by atoms with van der Waals surface area (Å²) in [5.41, 5.74) is 0.836. The van der Waals surface area contributed by atoms with Crippen molar-refractivity contribution < 1.29 is 4.74 Å². The van der Waals surface area contributed by atoms with Crippen molar-refractivity contribution in [3.05, 3.63) is 28.7 Å². The standard InChI is InChI=1S/C18H21N3O2S2/c1-2-3-10-24-18-20-14-13-7-4-8-19-16(13)25-15(14)17(22)21(18)11-12-6-5-9-23-12/h4,7-8,12H,2-3,5-6,9-11H2,1H3/t12-/m0/s1. The lowest BCUT2D eigenvalue weighted by Crippen LogP contribution is -2.28. The number of fused-ring (bicyclic) bond motifs is 3. The molecule has 1 aliphatic heterocycles. The maximum atomic E-state index is 13.2. The molecule has 1 aliphatic rings. The highest BCUT2D eigenvalue weighted by molar-refractivity contribution is 7.99. The van der Waals surface area contributed by atoms with Crippen LogP contribution in [0.15, 0.2) is 28.3 Å². The molecule has 0 aromatic carbocycles. The number of aromatic nitrogens is 3. The summed E-state index contributed by atoms with van der Waals surface area (Å²) in [7, 11) is 0. The van der Waals surface area contributed by atoms with Crippen LogP contribution in [-0.2, 0) is 11.3 Å². The van der Waals surface area contributed by atoms with Gasteiger partial charge in [0.25, 0.3) is 5.56 Å². The molecular formula is C18H21N3O2S2. The summed E-state index contributed by atoms with van der Waals surface area (Å²) in [6.45, 7) is 3.56. The van der Waals surface area contributed by atoms with Crippen LogP contribution < -0.4 is 5.56 Å². The zero-order valence-corrected chi connectivity index (χ0v) is 15.9. The fraction of sp³-hybridized carbons (Fsp3) is 0.500. The molecule has 0 radical (unpaired) electrons. The first-order valence-corrected chi connectivity index (χ1v) is 10.6. The van der Waals surface area contributed by atoms with Crippen LogP contribution in [0, 0.1) is 0 Å². The molecule has 4 rings (SSSR count). The van der Waals surface area contributed by atoms with E-state index in [1.807, 2.05) is 16.7 Å². The van der Waals surface area contributed by atoms with E-state index in [2.05, 4.69) is 11.9 Å². The third-order valence-electron chi connectivity index (χ3n) is 4.46. The van der Waals surface area contributed by atoms with Crippen molar-refractivity contribution in [3.8, 4) is 0 Å². The van der Waals surface area contributed by atoms with E-state index < -0.39 is 0 Å². The van der Waals surface area contributed by atoms with Gasteiger partial charge in [-0.3, -0.25) is 9.36 Å². The molecule has 4 heterocycles. The van der Waals surface area contributed by atoms with Crippen LogP contribution >= 0.6 is 23.1 Å². The van der Waals surface area contributed by atoms with Crippen molar-refractivity contribution in [2.75, 3.05) is 12.4 Å². The fourth-order valence-electron chi connectivity index (χ4n) is 3.11. The Morgan fingerprint density at radius 1 is 1.48 bits per heavy atom. The van der Waals surface area contributed by atoms with Crippen molar-refractivity contribution in [3.63, 3.8) is 0 Å². The van der Waals surface area contributed by atoms with E-state index in [9.17, 15) is 4.79 Å². The molecule has 0 aliphatic carbocycles. The molecule has 25 heavy (non-hydrogen) atoms. The van der Waals surface area contributed by atoms with Gasteiger partial charge >= 0.3 is 0 Å². The highest BCUT2D eigenvalue weighted by atomic mass is 32.2. The lowest BCUT2D eigenvalue weighted by molar-refractivity contribution is 0.0938. The van der Waals surface area contributed by atoms with Crippen molar-refractivity contribution >= 4 is 43.5 Å². The number of pyridine rings is 1. The van der Waals surface area contributed by atoms with Gasteiger partial charge in [-0.05, 0) is 31.4 Å². The molecule has 1 atom stereocenters. The molecule has 5 nitrogen and oxygen atoms in total. The highest BCUT2D eigenvalue weighted by Crippen LogP contribution is 2.31. The summed E-state index contributed by atoms with van der Waals surface area (Å²) >= 11 is 3.12. The Morgan fingerprint density at radius 3 is 3.20 bits per heavy atom. The number of thiophene rings is 1. The van der Waals surface area contributed by atoms with Crippen LogP contribution in [-0.4, -0.2) is 33.0 Å². The first kappa shape index (κ1) is 17.0. The molecule has 1 saturated heterocycles. The summed E-state index contributed by atoms with van der Waals surface area (Å²) in [6, 6.07) is 3.90. The second-order valence-corrected chi connectivity index (χ2v) is 8.34. The average Bonchev–Trinajstić information content (AvgIpc) is 3.26. The number of hydrogen-bond donors (Lipinski definition) is 0. The van der Waals surface area contributed by atoms with E-state index in [0.717, 1.165) is 58.9 Å². The van der Waals surface area contributed by atoms with Gasteiger partial charge in [0.1, 0.15) is 9.53 Å². The van der Waals surface area contributed by atoms with E-state index in [4.69, 9.17) is 9.72 Å². The monoisotopic (exact) mass is 375 g/mol. The Kier molecular flexibility index (Phi) is 5.05. The molecule has 0 N–H and O–H groups in total. The smallest absolute Gasteiger partial charge is 0.272 e. The number of ether oxygens (including phenoxy) is 1. The third-order valence-corrected chi connectivity index (χ3v) is 6.61. The molecule has 0 bridgehead atoms. The van der Waals surface area contributed by atoms with Gasteiger partial charge in [-0.15, -0.1) is 11.3 Å². The maximum Gasteiger partial charge on any atom is 0.272 e. The molecule has 0 spiro atoms. The summed E-state index contributed by atoms with van der Waals surface area (Å²) in [5.74, 6) is 0.973. The van der Waals surface area contributed by atoms with Gasteiger partial charge in [0.05, 0.1) is 18.2 Å². The highest BCUT2D eigenvalue weighted by Gasteiger charge is 2.22. The van der Waals surface area contributed by atoms with E-state index >= 15 is 0 Å². The largest absolute Gasteiger partial charge is 0.376 e. The third kappa shape index (κ3) is 3.32. The van der Waals surface area contributed by atoms with Crippen molar-refractivity contribution in [1.29, 1.82) is 0 Å². The van der Waals surface area contributed by atoms with Gasteiger partial charge in [0, 0.05) is 23.9 Å². The predicted molar refractivity (Wildman–Crippen MR) is 104 cm³/mol. The zero-order valence-electron chi connectivity index (χ0n) is 14.2. The minimum Gasteiger partial charge on any atom is -0.376 e. The summed E-state index contributed by atoms with van der Waals surface area (Å²) in [5, 5.41) is 1.78. The van der Waals surface area contributed by atoms with Crippen LogP contribution in [0.3, 0.4) is 0 Å². The van der Waals surface area contributed by atoms with Crippen LogP contribution in [0.25, 0.3) is 20.4 Å². The van der Waals surface area contributed by atoms with Crippen molar-refractivity contribution in [2.45, 2.75) is 50.4 Å². The van der Waals surface area contributed by atoms with Gasteiger partial charge in [-0.1, -0.05) is 25.1 Å². The molecular weight excluding hydrogens is 354 g/mol. The number of unbranched alkanes of at least 4 members (excludes halogenated alkanes) is 1. The van der Waals surface area contributed by atoms with E-state index in [0.29, 0.717) is 11.2 Å². The van der Waals surface area contributed by atoms with Crippen LogP contribution in [0.5, 0.6) is 0 Å². The molecule has 0 saturated carbocycles. The van der Waals surface area contributed by atoms with Crippen molar-refractivity contribution in [2.24, 2.45) is 0 Å². The first-order valence-electron chi connectivity index (χ1n) is 8.80. The Morgan fingerprint density at radius 2 is 2.40 bits per heavy atom.